The third kappa shape index (κ3) is 2.93. The predicted molar refractivity (Wildman–Crippen MR) is 100 cm³/mol. The summed E-state index contributed by atoms with van der Waals surface area (Å²) in [6.45, 7) is 3.85. The summed E-state index contributed by atoms with van der Waals surface area (Å²) < 4.78 is 42.1. The summed E-state index contributed by atoms with van der Waals surface area (Å²) in [6.07, 6.45) is -0.826. The third-order valence-corrected chi connectivity index (χ3v) is 5.54. The lowest BCUT2D eigenvalue weighted by atomic mass is 9.77. The Hall–Kier alpha value is -2.57. The number of benzene rings is 1. The first-order valence-corrected chi connectivity index (χ1v) is 9.62. The topological polar surface area (TPSA) is 46.9 Å². The number of fused-ring (bicyclic) bond motifs is 1. The SMILES string of the molecule is CCC[C@@H]1C2=C(CCCC2=O)Nc2c1c(C)nn2-c1ccccc1C(F)(F)F. The number of allylic oxidation sites excluding steroid dienone is 2. The first-order chi connectivity index (χ1) is 13.3. The number of alkyl halides is 3. The van der Waals surface area contributed by atoms with Crippen LogP contribution in [-0.2, 0) is 11.0 Å². The highest BCUT2D eigenvalue weighted by Crippen LogP contribution is 2.46. The molecule has 1 N–H and O–H groups in total. The van der Waals surface area contributed by atoms with Crippen LogP contribution in [0.1, 0.15) is 61.8 Å². The second kappa shape index (κ2) is 6.79. The molecule has 1 aromatic heterocycles. The van der Waals surface area contributed by atoms with Gasteiger partial charge in [0, 0.05) is 29.2 Å². The predicted octanol–water partition coefficient (Wildman–Crippen LogP) is 5.52. The molecule has 0 amide bonds. The average molecular weight is 389 g/mol. The van der Waals surface area contributed by atoms with Crippen molar-refractivity contribution in [2.75, 3.05) is 5.32 Å². The second-order valence-electron chi connectivity index (χ2n) is 7.41. The quantitative estimate of drug-likeness (QED) is 0.752. The molecule has 0 saturated heterocycles. The van der Waals surface area contributed by atoms with Crippen LogP contribution < -0.4 is 5.32 Å². The van der Waals surface area contributed by atoms with Gasteiger partial charge in [0.2, 0.25) is 0 Å². The number of nitrogens with one attached hydrogen (secondary N) is 1. The van der Waals surface area contributed by atoms with Crippen molar-refractivity contribution in [1.29, 1.82) is 0 Å². The molecule has 2 heterocycles. The van der Waals surface area contributed by atoms with Crippen molar-refractivity contribution in [1.82, 2.24) is 9.78 Å². The van der Waals surface area contributed by atoms with E-state index in [9.17, 15) is 18.0 Å². The van der Waals surface area contributed by atoms with E-state index in [2.05, 4.69) is 10.4 Å². The molecule has 0 saturated carbocycles. The zero-order valence-electron chi connectivity index (χ0n) is 15.9. The summed E-state index contributed by atoms with van der Waals surface area (Å²) in [4.78, 5) is 12.6. The molecule has 0 bridgehead atoms. The van der Waals surface area contributed by atoms with E-state index in [1.54, 1.807) is 13.0 Å². The van der Waals surface area contributed by atoms with E-state index in [1.807, 2.05) is 6.92 Å². The van der Waals surface area contributed by atoms with Gasteiger partial charge < -0.3 is 5.32 Å². The van der Waals surface area contributed by atoms with Gasteiger partial charge in [-0.1, -0.05) is 25.5 Å². The van der Waals surface area contributed by atoms with E-state index < -0.39 is 11.7 Å². The number of nitrogens with zero attached hydrogens (tertiary/aromatic N) is 2. The summed E-state index contributed by atoms with van der Waals surface area (Å²) in [6, 6.07) is 5.46. The van der Waals surface area contributed by atoms with Gasteiger partial charge in [0.25, 0.3) is 0 Å². The monoisotopic (exact) mass is 389 g/mol. The maximum atomic E-state index is 13.6. The molecule has 2 aliphatic rings. The van der Waals surface area contributed by atoms with Crippen molar-refractivity contribution in [3.8, 4) is 5.69 Å². The fourth-order valence-corrected chi connectivity index (χ4v) is 4.41. The van der Waals surface area contributed by atoms with Crippen molar-refractivity contribution in [3.63, 3.8) is 0 Å². The molecule has 0 unspecified atom stereocenters. The first kappa shape index (κ1) is 18.8. The van der Waals surface area contributed by atoms with Crippen LogP contribution in [0.25, 0.3) is 5.69 Å². The van der Waals surface area contributed by atoms with E-state index in [4.69, 9.17) is 0 Å². The lowest BCUT2D eigenvalue weighted by molar-refractivity contribution is -0.137. The number of Topliss-reactive ketones (excluding diaryl/α,β-unsaturated/α-hetero) is 1. The van der Waals surface area contributed by atoms with Crippen molar-refractivity contribution >= 4 is 11.6 Å². The normalized spacial score (nSPS) is 19.3. The Morgan fingerprint density at radius 1 is 1.25 bits per heavy atom. The standard InChI is InChI=1S/C21H22F3N3O/c1-3-7-13-18-12(2)26-27(16-10-5-4-8-14(16)21(22,23)24)20(18)25-15-9-6-11-17(28)19(13)15/h4-5,8,10,13,25H,3,6-7,9,11H2,1-2H3/t13-/m0/s1. The molecule has 1 aliphatic carbocycles. The number of carbonyl (C=O) groups excluding carboxylic acids is 1. The van der Waals surface area contributed by atoms with Gasteiger partial charge in [0.1, 0.15) is 5.82 Å². The number of carbonyl (C=O) groups is 1. The Bertz CT molecular complexity index is 972. The molecule has 0 fully saturated rings. The molecule has 4 rings (SSSR count). The number of hydrogen-bond acceptors (Lipinski definition) is 3. The minimum absolute atomic E-state index is 0.00622. The summed E-state index contributed by atoms with van der Waals surface area (Å²) >= 11 is 0. The van der Waals surface area contributed by atoms with E-state index in [0.29, 0.717) is 17.9 Å². The van der Waals surface area contributed by atoms with Crippen molar-refractivity contribution in [3.05, 3.63) is 52.4 Å². The maximum Gasteiger partial charge on any atom is 0.418 e. The molecule has 1 aliphatic heterocycles. The second-order valence-corrected chi connectivity index (χ2v) is 7.41. The zero-order valence-corrected chi connectivity index (χ0v) is 15.9. The fraction of sp³-hybridized carbons (Fsp3) is 0.429. The van der Waals surface area contributed by atoms with Gasteiger partial charge in [-0.05, 0) is 38.3 Å². The minimum atomic E-state index is -4.48. The Balaban J connectivity index is 1.92. The van der Waals surface area contributed by atoms with Gasteiger partial charge in [0.15, 0.2) is 5.78 Å². The number of anilines is 1. The van der Waals surface area contributed by atoms with Gasteiger partial charge >= 0.3 is 6.18 Å². The Morgan fingerprint density at radius 2 is 2.00 bits per heavy atom. The van der Waals surface area contributed by atoms with Gasteiger partial charge in [-0.15, -0.1) is 0 Å². The summed E-state index contributed by atoms with van der Waals surface area (Å²) in [5.41, 5.74) is 2.40. The Morgan fingerprint density at radius 3 is 2.71 bits per heavy atom. The highest BCUT2D eigenvalue weighted by molar-refractivity contribution is 6.00. The van der Waals surface area contributed by atoms with Crippen LogP contribution >= 0.6 is 0 Å². The number of aryl methyl sites for hydroxylation is 1. The number of ketones is 1. The smallest absolute Gasteiger partial charge is 0.343 e. The van der Waals surface area contributed by atoms with E-state index >= 15 is 0 Å². The molecule has 28 heavy (non-hydrogen) atoms. The highest BCUT2D eigenvalue weighted by atomic mass is 19.4. The number of hydrogen-bond donors (Lipinski definition) is 1. The average Bonchev–Trinajstić information content (AvgIpc) is 2.97. The van der Waals surface area contributed by atoms with Gasteiger partial charge in [-0.2, -0.15) is 18.3 Å². The Kier molecular flexibility index (Phi) is 4.56. The zero-order chi connectivity index (χ0) is 20.1. The van der Waals surface area contributed by atoms with Gasteiger partial charge in [-0.3, -0.25) is 4.79 Å². The summed E-state index contributed by atoms with van der Waals surface area (Å²) in [7, 11) is 0. The molecule has 4 nitrogen and oxygen atoms in total. The Labute approximate surface area is 161 Å². The maximum absolute atomic E-state index is 13.6. The van der Waals surface area contributed by atoms with Crippen LogP contribution in [0, 0.1) is 6.92 Å². The number of para-hydroxylation sites is 1. The van der Waals surface area contributed by atoms with Crippen LogP contribution in [0.5, 0.6) is 0 Å². The van der Waals surface area contributed by atoms with Crippen LogP contribution in [0.3, 0.4) is 0 Å². The lowest BCUT2D eigenvalue weighted by Crippen LogP contribution is -2.27. The van der Waals surface area contributed by atoms with E-state index in [-0.39, 0.29) is 17.4 Å². The highest BCUT2D eigenvalue weighted by Gasteiger charge is 2.39. The molecule has 1 aromatic carbocycles. The molecule has 1 atom stereocenters. The van der Waals surface area contributed by atoms with Crippen LogP contribution in [0.15, 0.2) is 35.5 Å². The third-order valence-electron chi connectivity index (χ3n) is 5.54. The van der Waals surface area contributed by atoms with Gasteiger partial charge in [-0.25, -0.2) is 4.68 Å². The van der Waals surface area contributed by atoms with E-state index in [0.717, 1.165) is 48.6 Å². The molecular formula is C21H22F3N3O. The lowest BCUT2D eigenvalue weighted by Gasteiger charge is -2.32. The molecule has 2 aromatic rings. The molecule has 0 radical (unpaired) electrons. The van der Waals surface area contributed by atoms with Gasteiger partial charge in [0.05, 0.1) is 16.9 Å². The summed E-state index contributed by atoms with van der Waals surface area (Å²) in [5.74, 6) is 0.581. The molecular weight excluding hydrogens is 367 g/mol. The minimum Gasteiger partial charge on any atom is -0.343 e. The summed E-state index contributed by atoms with van der Waals surface area (Å²) in [5, 5.41) is 7.74. The number of halogens is 3. The van der Waals surface area contributed by atoms with Crippen LogP contribution in [0.2, 0.25) is 0 Å². The number of aromatic nitrogens is 2. The molecule has 7 heteroatoms. The van der Waals surface area contributed by atoms with Crippen molar-refractivity contribution in [2.24, 2.45) is 0 Å². The number of rotatable bonds is 3. The first-order valence-electron chi connectivity index (χ1n) is 9.62. The fourth-order valence-electron chi connectivity index (χ4n) is 4.41. The molecule has 148 valence electrons. The van der Waals surface area contributed by atoms with Crippen molar-refractivity contribution in [2.45, 2.75) is 58.0 Å². The van der Waals surface area contributed by atoms with E-state index in [1.165, 1.54) is 16.8 Å². The van der Waals surface area contributed by atoms with Crippen LogP contribution in [-0.4, -0.2) is 15.6 Å². The molecule has 0 spiro atoms. The van der Waals surface area contributed by atoms with Crippen LogP contribution in [0.4, 0.5) is 19.0 Å². The largest absolute Gasteiger partial charge is 0.418 e. The van der Waals surface area contributed by atoms with Crippen molar-refractivity contribution < 1.29 is 18.0 Å².